The van der Waals surface area contributed by atoms with Crippen LogP contribution in [0.15, 0.2) is 54.6 Å². The van der Waals surface area contributed by atoms with Crippen LogP contribution in [0.3, 0.4) is 0 Å². The van der Waals surface area contributed by atoms with Gasteiger partial charge in [0, 0.05) is 25.6 Å². The highest BCUT2D eigenvalue weighted by Gasteiger charge is 2.33. The summed E-state index contributed by atoms with van der Waals surface area (Å²) < 4.78 is 5.17. The molecule has 1 saturated heterocycles. The number of rotatable bonds is 4. The number of carbonyl (C=O) groups excluding carboxylic acids is 1. The first-order valence-corrected chi connectivity index (χ1v) is 7.72. The molecule has 0 bridgehead atoms. The number of methoxy groups -OCH3 is 1. The highest BCUT2D eigenvalue weighted by atomic mass is 16.5. The van der Waals surface area contributed by atoms with E-state index in [-0.39, 0.29) is 12.1 Å². The molecule has 2 aromatic carbocycles. The predicted octanol–water partition coefficient (Wildman–Crippen LogP) is 3.11. The van der Waals surface area contributed by atoms with Gasteiger partial charge in [-0.3, -0.25) is 9.80 Å². The summed E-state index contributed by atoms with van der Waals surface area (Å²) in [6, 6.07) is 17.7. The van der Waals surface area contributed by atoms with Crippen LogP contribution in [0.1, 0.15) is 13.3 Å². The van der Waals surface area contributed by atoms with E-state index in [4.69, 9.17) is 4.74 Å². The van der Waals surface area contributed by atoms with Gasteiger partial charge < -0.3 is 10.1 Å². The lowest BCUT2D eigenvalue weighted by atomic mass is 10.2. The zero-order valence-electron chi connectivity index (χ0n) is 13.4. The Bertz CT molecular complexity index is 658. The normalized spacial score (nSPS) is 17.2. The molecule has 5 heteroatoms. The van der Waals surface area contributed by atoms with Gasteiger partial charge in [0.15, 0.2) is 0 Å². The molecule has 0 aromatic heterocycles. The molecule has 1 N–H and O–H groups in total. The second-order valence-electron chi connectivity index (χ2n) is 5.50. The van der Waals surface area contributed by atoms with E-state index < -0.39 is 0 Å². The van der Waals surface area contributed by atoms with Gasteiger partial charge in [0.1, 0.15) is 11.9 Å². The van der Waals surface area contributed by atoms with E-state index in [0.29, 0.717) is 0 Å². The fourth-order valence-electron chi connectivity index (χ4n) is 2.90. The first-order valence-electron chi connectivity index (χ1n) is 7.72. The van der Waals surface area contributed by atoms with Crippen molar-refractivity contribution in [2.24, 2.45) is 0 Å². The first kappa shape index (κ1) is 15.2. The summed E-state index contributed by atoms with van der Waals surface area (Å²) in [5.41, 5.74) is 2.00. The third-order valence-corrected chi connectivity index (χ3v) is 3.97. The highest BCUT2D eigenvalue weighted by Crippen LogP contribution is 2.27. The fourth-order valence-corrected chi connectivity index (χ4v) is 2.90. The second-order valence-corrected chi connectivity index (χ2v) is 5.50. The Kier molecular flexibility index (Phi) is 4.37. The minimum Gasteiger partial charge on any atom is -0.497 e. The van der Waals surface area contributed by atoms with Crippen molar-refractivity contribution in [2.45, 2.75) is 19.5 Å². The first-order chi connectivity index (χ1) is 11.2. The Morgan fingerprint density at radius 1 is 1.13 bits per heavy atom. The van der Waals surface area contributed by atoms with Crippen molar-refractivity contribution < 1.29 is 9.53 Å². The van der Waals surface area contributed by atoms with Crippen LogP contribution >= 0.6 is 0 Å². The summed E-state index contributed by atoms with van der Waals surface area (Å²) in [6.45, 7) is 2.40. The topological polar surface area (TPSA) is 44.8 Å². The van der Waals surface area contributed by atoms with Crippen molar-refractivity contribution in [1.82, 2.24) is 5.01 Å². The highest BCUT2D eigenvalue weighted by molar-refractivity contribution is 5.77. The molecule has 3 rings (SSSR count). The Morgan fingerprint density at radius 2 is 1.83 bits per heavy atom. The maximum atomic E-state index is 12.2. The fraction of sp³-hybridized carbons (Fsp3) is 0.278. The standard InChI is InChI=1S/C18H21N3O2/c1-14(22)21-18(19-15-8-10-17(23-2)11-9-15)12-13-20(21)16-6-4-3-5-7-16/h3-11,18-19H,12-13H2,1-2H3/t18-/m1/s1. The van der Waals surface area contributed by atoms with Gasteiger partial charge in [-0.15, -0.1) is 0 Å². The van der Waals surface area contributed by atoms with E-state index in [0.717, 1.165) is 30.1 Å². The lowest BCUT2D eigenvalue weighted by Gasteiger charge is -2.33. The summed E-state index contributed by atoms with van der Waals surface area (Å²) in [5, 5.41) is 7.25. The SMILES string of the molecule is COc1ccc(N[C@H]2CCN(c3ccccc3)N2C(C)=O)cc1. The number of hydrogen-bond donors (Lipinski definition) is 1. The smallest absolute Gasteiger partial charge is 0.239 e. The minimum absolute atomic E-state index is 0.0253. The Balaban J connectivity index is 1.78. The molecule has 1 aliphatic heterocycles. The molecule has 1 aliphatic rings. The molecular weight excluding hydrogens is 290 g/mol. The van der Waals surface area contributed by atoms with Gasteiger partial charge in [-0.25, -0.2) is 5.01 Å². The van der Waals surface area contributed by atoms with Crippen LogP contribution in [0, 0.1) is 0 Å². The van der Waals surface area contributed by atoms with E-state index in [2.05, 4.69) is 5.32 Å². The van der Waals surface area contributed by atoms with Gasteiger partial charge in [-0.05, 0) is 36.4 Å². The molecule has 2 aromatic rings. The number of ether oxygens (including phenoxy) is 1. The molecule has 0 unspecified atom stereocenters. The average Bonchev–Trinajstić information content (AvgIpc) is 3.00. The van der Waals surface area contributed by atoms with E-state index in [1.807, 2.05) is 59.6 Å². The summed E-state index contributed by atoms with van der Waals surface area (Å²) in [5.74, 6) is 0.841. The summed E-state index contributed by atoms with van der Waals surface area (Å²) >= 11 is 0. The second kappa shape index (κ2) is 6.60. The number of hydrazine groups is 1. The largest absolute Gasteiger partial charge is 0.497 e. The number of hydrogen-bond acceptors (Lipinski definition) is 4. The van der Waals surface area contributed by atoms with Gasteiger partial charge in [0.2, 0.25) is 5.91 Å². The van der Waals surface area contributed by atoms with Crippen molar-refractivity contribution in [3.8, 4) is 5.75 Å². The lowest BCUT2D eigenvalue weighted by Crippen LogP contribution is -2.47. The molecule has 1 atom stereocenters. The molecule has 120 valence electrons. The third-order valence-electron chi connectivity index (χ3n) is 3.97. The van der Waals surface area contributed by atoms with Gasteiger partial charge in [0.05, 0.1) is 12.8 Å². The van der Waals surface area contributed by atoms with Gasteiger partial charge >= 0.3 is 0 Å². The van der Waals surface area contributed by atoms with Crippen molar-refractivity contribution in [3.05, 3.63) is 54.6 Å². The van der Waals surface area contributed by atoms with E-state index in [1.165, 1.54) is 0 Å². The number of anilines is 2. The molecule has 1 heterocycles. The van der Waals surface area contributed by atoms with E-state index in [9.17, 15) is 4.79 Å². The quantitative estimate of drug-likeness (QED) is 0.942. The number of nitrogens with zero attached hydrogens (tertiary/aromatic N) is 2. The van der Waals surface area contributed by atoms with Crippen molar-refractivity contribution >= 4 is 17.3 Å². The van der Waals surface area contributed by atoms with Crippen molar-refractivity contribution in [3.63, 3.8) is 0 Å². The Hall–Kier alpha value is -2.69. The van der Waals surface area contributed by atoms with Crippen molar-refractivity contribution in [1.29, 1.82) is 0 Å². The van der Waals surface area contributed by atoms with Crippen LogP contribution in [0.5, 0.6) is 5.75 Å². The Labute approximate surface area is 136 Å². The van der Waals surface area contributed by atoms with Crippen LogP contribution in [0.25, 0.3) is 0 Å². The zero-order chi connectivity index (χ0) is 16.2. The van der Waals surface area contributed by atoms with Gasteiger partial charge in [-0.2, -0.15) is 0 Å². The van der Waals surface area contributed by atoms with Crippen molar-refractivity contribution in [2.75, 3.05) is 24.0 Å². The molecule has 0 radical (unpaired) electrons. The molecule has 5 nitrogen and oxygen atoms in total. The lowest BCUT2D eigenvalue weighted by molar-refractivity contribution is -0.129. The van der Waals surface area contributed by atoms with Crippen LogP contribution < -0.4 is 15.1 Å². The maximum Gasteiger partial charge on any atom is 0.239 e. The van der Waals surface area contributed by atoms with E-state index >= 15 is 0 Å². The number of para-hydroxylation sites is 1. The maximum absolute atomic E-state index is 12.2. The third kappa shape index (κ3) is 3.23. The number of benzene rings is 2. The van der Waals surface area contributed by atoms with Crippen LogP contribution in [-0.2, 0) is 4.79 Å². The van der Waals surface area contributed by atoms with Gasteiger partial charge in [-0.1, -0.05) is 18.2 Å². The number of nitrogens with one attached hydrogen (secondary N) is 1. The number of amides is 1. The minimum atomic E-state index is -0.0545. The zero-order valence-corrected chi connectivity index (χ0v) is 13.4. The molecule has 0 spiro atoms. The predicted molar refractivity (Wildman–Crippen MR) is 91.3 cm³/mol. The van der Waals surface area contributed by atoms with E-state index in [1.54, 1.807) is 19.0 Å². The van der Waals surface area contributed by atoms with Gasteiger partial charge in [0.25, 0.3) is 0 Å². The molecule has 0 aliphatic carbocycles. The van der Waals surface area contributed by atoms with Crippen LogP contribution in [-0.4, -0.2) is 30.7 Å². The molecule has 23 heavy (non-hydrogen) atoms. The average molecular weight is 311 g/mol. The summed E-state index contributed by atoms with van der Waals surface area (Å²) in [6.07, 6.45) is 0.807. The summed E-state index contributed by atoms with van der Waals surface area (Å²) in [4.78, 5) is 12.2. The molecular formula is C18H21N3O2. The summed E-state index contributed by atoms with van der Waals surface area (Å²) in [7, 11) is 1.65. The monoisotopic (exact) mass is 311 g/mol. The number of carbonyl (C=O) groups is 1. The molecule has 1 fully saturated rings. The van der Waals surface area contributed by atoms with Crippen LogP contribution in [0.4, 0.5) is 11.4 Å². The van der Waals surface area contributed by atoms with Crippen LogP contribution in [0.2, 0.25) is 0 Å². The molecule has 0 saturated carbocycles. The Morgan fingerprint density at radius 3 is 2.43 bits per heavy atom. The molecule has 1 amide bonds.